The normalized spacial score (nSPS) is 23.5. The first-order valence-electron chi connectivity index (χ1n) is 9.67. The van der Waals surface area contributed by atoms with Gasteiger partial charge in [0.25, 0.3) is 5.91 Å². The fraction of sp³-hybridized carbons (Fsp3) is 0.600. The summed E-state index contributed by atoms with van der Waals surface area (Å²) in [5, 5.41) is 7.11. The van der Waals surface area contributed by atoms with E-state index in [-0.39, 0.29) is 17.7 Å². The lowest BCUT2D eigenvalue weighted by Crippen LogP contribution is -2.45. The Hall–Kier alpha value is -1.59. The summed E-state index contributed by atoms with van der Waals surface area (Å²) in [5.41, 5.74) is 0.625. The molecule has 2 aliphatic rings. The first-order valence-corrected chi connectivity index (χ1v) is 10.0. The van der Waals surface area contributed by atoms with Crippen molar-refractivity contribution in [1.82, 2.24) is 15.5 Å². The Balaban J connectivity index is 1.46. The summed E-state index contributed by atoms with van der Waals surface area (Å²) in [6, 6.07) is 6.94. The zero-order valence-corrected chi connectivity index (χ0v) is 15.9. The van der Waals surface area contributed by atoms with Crippen LogP contribution in [-0.2, 0) is 4.79 Å². The molecule has 2 unspecified atom stereocenters. The van der Waals surface area contributed by atoms with E-state index in [1.165, 1.54) is 12.8 Å². The maximum Gasteiger partial charge on any atom is 0.253 e. The third kappa shape index (κ3) is 5.21. The van der Waals surface area contributed by atoms with Crippen molar-refractivity contribution in [3.05, 3.63) is 34.9 Å². The summed E-state index contributed by atoms with van der Waals surface area (Å²) in [4.78, 5) is 26.9. The SMILES string of the molecule is O=C(NCCC1CCCNC1)C1CCCN(C(=O)c2ccc(Cl)cc2)C1. The van der Waals surface area contributed by atoms with Crippen molar-refractivity contribution in [1.29, 1.82) is 0 Å². The standard InChI is InChI=1S/C20H28ClN3O2/c21-18-7-5-16(6-8-18)20(26)24-12-2-4-17(14-24)19(25)23-11-9-15-3-1-10-22-13-15/h5-8,15,17,22H,1-4,9-14H2,(H,23,25). The van der Waals surface area contributed by atoms with E-state index in [0.29, 0.717) is 29.6 Å². The number of nitrogens with zero attached hydrogens (tertiary/aromatic N) is 1. The Morgan fingerprint density at radius 3 is 2.73 bits per heavy atom. The van der Waals surface area contributed by atoms with Gasteiger partial charge in [-0.15, -0.1) is 0 Å². The van der Waals surface area contributed by atoms with Crippen molar-refractivity contribution < 1.29 is 9.59 Å². The topological polar surface area (TPSA) is 61.4 Å². The highest BCUT2D eigenvalue weighted by molar-refractivity contribution is 6.30. The van der Waals surface area contributed by atoms with Crippen LogP contribution in [-0.4, -0.2) is 49.4 Å². The van der Waals surface area contributed by atoms with E-state index >= 15 is 0 Å². The number of amides is 2. The molecule has 2 aliphatic heterocycles. The highest BCUT2D eigenvalue weighted by Crippen LogP contribution is 2.20. The lowest BCUT2D eigenvalue weighted by atomic mass is 9.95. The molecule has 0 saturated carbocycles. The Kier molecular flexibility index (Phi) is 6.92. The van der Waals surface area contributed by atoms with Gasteiger partial charge >= 0.3 is 0 Å². The van der Waals surface area contributed by atoms with Crippen LogP contribution in [0.3, 0.4) is 0 Å². The van der Waals surface area contributed by atoms with E-state index < -0.39 is 0 Å². The van der Waals surface area contributed by atoms with Crippen molar-refractivity contribution in [2.24, 2.45) is 11.8 Å². The van der Waals surface area contributed by atoms with Gasteiger partial charge in [-0.05, 0) is 75.4 Å². The smallest absolute Gasteiger partial charge is 0.253 e. The van der Waals surface area contributed by atoms with Gasteiger partial charge in [0.2, 0.25) is 5.91 Å². The van der Waals surface area contributed by atoms with Crippen LogP contribution in [0.15, 0.2) is 24.3 Å². The van der Waals surface area contributed by atoms with Gasteiger partial charge in [0, 0.05) is 30.2 Å². The zero-order valence-electron chi connectivity index (χ0n) is 15.2. The van der Waals surface area contributed by atoms with Crippen LogP contribution in [0.5, 0.6) is 0 Å². The van der Waals surface area contributed by atoms with Crippen molar-refractivity contribution in [2.75, 3.05) is 32.7 Å². The Bertz CT molecular complexity index is 614. The second kappa shape index (κ2) is 9.38. The van der Waals surface area contributed by atoms with Crippen LogP contribution in [0.1, 0.15) is 42.5 Å². The largest absolute Gasteiger partial charge is 0.356 e. The molecule has 0 bridgehead atoms. The molecule has 0 spiro atoms. The number of piperidine rings is 2. The molecule has 1 aromatic carbocycles. The van der Waals surface area contributed by atoms with Crippen molar-refractivity contribution in [3.63, 3.8) is 0 Å². The molecule has 2 amide bonds. The van der Waals surface area contributed by atoms with E-state index in [1.54, 1.807) is 29.2 Å². The number of carbonyl (C=O) groups excluding carboxylic acids is 2. The molecule has 5 nitrogen and oxygen atoms in total. The zero-order chi connectivity index (χ0) is 18.4. The van der Waals surface area contributed by atoms with Crippen LogP contribution in [0, 0.1) is 11.8 Å². The van der Waals surface area contributed by atoms with E-state index in [0.717, 1.165) is 38.9 Å². The predicted molar refractivity (Wildman–Crippen MR) is 103 cm³/mol. The van der Waals surface area contributed by atoms with Gasteiger partial charge in [-0.25, -0.2) is 0 Å². The molecule has 2 heterocycles. The number of hydrogen-bond acceptors (Lipinski definition) is 3. The highest BCUT2D eigenvalue weighted by atomic mass is 35.5. The fourth-order valence-electron chi connectivity index (χ4n) is 3.86. The Morgan fingerprint density at radius 1 is 1.19 bits per heavy atom. The van der Waals surface area contributed by atoms with Gasteiger partial charge in [-0.2, -0.15) is 0 Å². The fourth-order valence-corrected chi connectivity index (χ4v) is 3.99. The summed E-state index contributed by atoms with van der Waals surface area (Å²) >= 11 is 5.89. The first-order chi connectivity index (χ1) is 12.6. The summed E-state index contributed by atoms with van der Waals surface area (Å²) in [6.45, 7) is 4.11. The molecule has 2 fully saturated rings. The summed E-state index contributed by atoms with van der Waals surface area (Å²) in [7, 11) is 0. The van der Waals surface area contributed by atoms with Gasteiger partial charge in [-0.1, -0.05) is 11.6 Å². The number of nitrogens with one attached hydrogen (secondary N) is 2. The second-order valence-corrected chi connectivity index (χ2v) is 7.83. The molecule has 142 valence electrons. The number of likely N-dealkylation sites (tertiary alicyclic amines) is 1. The average Bonchev–Trinajstić information content (AvgIpc) is 2.69. The Morgan fingerprint density at radius 2 is 2.00 bits per heavy atom. The lowest BCUT2D eigenvalue weighted by Gasteiger charge is -2.32. The van der Waals surface area contributed by atoms with Crippen LogP contribution >= 0.6 is 11.6 Å². The number of rotatable bonds is 5. The third-order valence-electron chi connectivity index (χ3n) is 5.42. The maximum absolute atomic E-state index is 12.6. The Labute approximate surface area is 160 Å². The van der Waals surface area contributed by atoms with Gasteiger partial charge in [0.05, 0.1) is 5.92 Å². The minimum atomic E-state index is -0.107. The van der Waals surface area contributed by atoms with Crippen LogP contribution in [0.25, 0.3) is 0 Å². The van der Waals surface area contributed by atoms with Crippen molar-refractivity contribution >= 4 is 23.4 Å². The predicted octanol–water partition coefficient (Wildman–Crippen LogP) is 2.70. The molecule has 0 aromatic heterocycles. The first kappa shape index (κ1) is 19.2. The van der Waals surface area contributed by atoms with Gasteiger partial charge < -0.3 is 15.5 Å². The molecule has 26 heavy (non-hydrogen) atoms. The number of carbonyl (C=O) groups is 2. The number of halogens is 1. The maximum atomic E-state index is 12.6. The molecule has 2 atom stereocenters. The monoisotopic (exact) mass is 377 g/mol. The van der Waals surface area contributed by atoms with E-state index in [2.05, 4.69) is 10.6 Å². The molecule has 2 saturated heterocycles. The minimum absolute atomic E-state index is 0.0209. The van der Waals surface area contributed by atoms with Crippen molar-refractivity contribution in [2.45, 2.75) is 32.1 Å². The number of benzene rings is 1. The average molecular weight is 378 g/mol. The molecule has 0 aliphatic carbocycles. The van der Waals surface area contributed by atoms with Crippen LogP contribution < -0.4 is 10.6 Å². The van der Waals surface area contributed by atoms with Crippen LogP contribution in [0.4, 0.5) is 0 Å². The second-order valence-electron chi connectivity index (χ2n) is 7.39. The summed E-state index contributed by atoms with van der Waals surface area (Å²) < 4.78 is 0. The molecule has 3 rings (SSSR count). The van der Waals surface area contributed by atoms with Crippen molar-refractivity contribution in [3.8, 4) is 0 Å². The van der Waals surface area contributed by atoms with Crippen LogP contribution in [0.2, 0.25) is 5.02 Å². The molecule has 6 heteroatoms. The molecule has 1 aromatic rings. The summed E-state index contributed by atoms with van der Waals surface area (Å²) in [6.07, 6.45) is 5.21. The van der Waals surface area contributed by atoms with Gasteiger partial charge in [0.15, 0.2) is 0 Å². The highest BCUT2D eigenvalue weighted by Gasteiger charge is 2.28. The molecular formula is C20H28ClN3O2. The number of hydrogen-bond donors (Lipinski definition) is 2. The van der Waals surface area contributed by atoms with Gasteiger partial charge in [0.1, 0.15) is 0 Å². The van der Waals surface area contributed by atoms with Gasteiger partial charge in [-0.3, -0.25) is 9.59 Å². The van der Waals surface area contributed by atoms with E-state index in [4.69, 9.17) is 11.6 Å². The third-order valence-corrected chi connectivity index (χ3v) is 5.67. The molecular weight excluding hydrogens is 350 g/mol. The minimum Gasteiger partial charge on any atom is -0.356 e. The van der Waals surface area contributed by atoms with E-state index in [1.807, 2.05) is 0 Å². The molecule has 0 radical (unpaired) electrons. The molecule has 2 N–H and O–H groups in total. The lowest BCUT2D eigenvalue weighted by molar-refractivity contribution is -0.126. The quantitative estimate of drug-likeness (QED) is 0.829. The van der Waals surface area contributed by atoms with E-state index in [9.17, 15) is 9.59 Å². The summed E-state index contributed by atoms with van der Waals surface area (Å²) in [5.74, 6) is 0.623.